The molecule has 0 amide bonds. The van der Waals surface area contributed by atoms with Gasteiger partial charge in [-0.1, -0.05) is 0 Å². The molecule has 1 aromatic heterocycles. The highest BCUT2D eigenvalue weighted by Crippen LogP contribution is 2.29. The normalized spacial score (nSPS) is 13.6. The van der Waals surface area contributed by atoms with Crippen LogP contribution in [0.4, 0.5) is 5.69 Å². The third kappa shape index (κ3) is 2.14. The predicted octanol–water partition coefficient (Wildman–Crippen LogP) is 0.471. The summed E-state index contributed by atoms with van der Waals surface area (Å²) in [5.74, 6) is -0.227. The van der Waals surface area contributed by atoms with Crippen LogP contribution in [0.3, 0.4) is 0 Å². The molecule has 2 heterocycles. The first-order chi connectivity index (χ1) is 9.13. The SMILES string of the molecule is Cn1nnc(CN2CCc3cc(C(=O)O)ccc32)n1. The van der Waals surface area contributed by atoms with Crippen LogP contribution in [-0.2, 0) is 20.0 Å². The molecule has 0 radical (unpaired) electrons. The first kappa shape index (κ1) is 11.6. The second-order valence-corrected chi connectivity index (χ2v) is 4.52. The maximum Gasteiger partial charge on any atom is 0.335 e. The van der Waals surface area contributed by atoms with E-state index in [-0.39, 0.29) is 0 Å². The van der Waals surface area contributed by atoms with Crippen LogP contribution < -0.4 is 4.90 Å². The van der Waals surface area contributed by atoms with E-state index in [1.54, 1.807) is 19.2 Å². The van der Waals surface area contributed by atoms with Gasteiger partial charge in [0.25, 0.3) is 0 Å². The zero-order valence-electron chi connectivity index (χ0n) is 10.4. The van der Waals surface area contributed by atoms with Crippen molar-refractivity contribution in [1.82, 2.24) is 20.2 Å². The molecule has 7 nitrogen and oxygen atoms in total. The van der Waals surface area contributed by atoms with E-state index in [0.29, 0.717) is 17.9 Å². The quantitative estimate of drug-likeness (QED) is 0.862. The number of benzene rings is 1. The number of anilines is 1. The lowest BCUT2D eigenvalue weighted by molar-refractivity contribution is 0.0697. The summed E-state index contributed by atoms with van der Waals surface area (Å²) in [6.07, 6.45) is 0.844. The molecular weight excluding hydrogens is 246 g/mol. The monoisotopic (exact) mass is 259 g/mol. The fourth-order valence-electron chi connectivity index (χ4n) is 2.32. The van der Waals surface area contributed by atoms with Gasteiger partial charge in [-0.2, -0.15) is 4.80 Å². The number of carbonyl (C=O) groups is 1. The lowest BCUT2D eigenvalue weighted by Gasteiger charge is -2.17. The highest BCUT2D eigenvalue weighted by atomic mass is 16.4. The minimum Gasteiger partial charge on any atom is -0.478 e. The molecule has 1 aliphatic rings. The van der Waals surface area contributed by atoms with Crippen molar-refractivity contribution in [2.24, 2.45) is 7.05 Å². The number of fused-ring (bicyclic) bond motifs is 1. The van der Waals surface area contributed by atoms with E-state index in [4.69, 9.17) is 5.11 Å². The van der Waals surface area contributed by atoms with Crippen LogP contribution in [0.5, 0.6) is 0 Å². The standard InChI is InChI=1S/C12H13N5O2/c1-16-14-11(13-15-16)7-17-5-4-8-6-9(12(18)19)2-3-10(8)17/h2-3,6H,4-5,7H2,1H3,(H,18,19). The number of carboxylic acid groups (broad SMARTS) is 1. The van der Waals surface area contributed by atoms with Crippen LogP contribution >= 0.6 is 0 Å². The van der Waals surface area contributed by atoms with Gasteiger partial charge in [0.2, 0.25) is 0 Å². The minimum atomic E-state index is -0.892. The zero-order chi connectivity index (χ0) is 13.4. The van der Waals surface area contributed by atoms with E-state index in [1.807, 2.05) is 6.07 Å². The average molecular weight is 259 g/mol. The second kappa shape index (κ2) is 4.34. The van der Waals surface area contributed by atoms with Crippen molar-refractivity contribution in [3.05, 3.63) is 35.2 Å². The first-order valence-corrected chi connectivity index (χ1v) is 5.97. The highest BCUT2D eigenvalue weighted by molar-refractivity contribution is 5.88. The molecule has 2 aromatic rings. The molecular formula is C12H13N5O2. The van der Waals surface area contributed by atoms with E-state index >= 15 is 0 Å². The van der Waals surface area contributed by atoms with Gasteiger partial charge in [-0.3, -0.25) is 0 Å². The van der Waals surface area contributed by atoms with Gasteiger partial charge in [0, 0.05) is 12.2 Å². The smallest absolute Gasteiger partial charge is 0.335 e. The molecule has 0 saturated heterocycles. The summed E-state index contributed by atoms with van der Waals surface area (Å²) < 4.78 is 0. The van der Waals surface area contributed by atoms with Gasteiger partial charge in [-0.15, -0.1) is 10.2 Å². The van der Waals surface area contributed by atoms with Crippen LogP contribution in [0.25, 0.3) is 0 Å². The van der Waals surface area contributed by atoms with Crippen molar-refractivity contribution in [2.45, 2.75) is 13.0 Å². The lowest BCUT2D eigenvalue weighted by atomic mass is 10.1. The molecule has 0 saturated carbocycles. The molecule has 0 atom stereocenters. The summed E-state index contributed by atoms with van der Waals surface area (Å²) in [6.45, 7) is 1.43. The molecule has 98 valence electrons. The van der Waals surface area contributed by atoms with Crippen molar-refractivity contribution < 1.29 is 9.90 Å². The van der Waals surface area contributed by atoms with Crippen molar-refractivity contribution in [2.75, 3.05) is 11.4 Å². The number of carboxylic acids is 1. The third-order valence-electron chi connectivity index (χ3n) is 3.20. The summed E-state index contributed by atoms with van der Waals surface area (Å²) in [4.78, 5) is 14.5. The molecule has 19 heavy (non-hydrogen) atoms. The van der Waals surface area contributed by atoms with E-state index in [9.17, 15) is 4.79 Å². The number of aromatic carboxylic acids is 1. The Morgan fingerprint density at radius 2 is 2.32 bits per heavy atom. The molecule has 0 aliphatic carbocycles. The summed E-state index contributed by atoms with van der Waals surface area (Å²) in [5, 5.41) is 20.9. The first-order valence-electron chi connectivity index (χ1n) is 5.97. The van der Waals surface area contributed by atoms with Crippen LogP contribution in [-0.4, -0.2) is 37.8 Å². The van der Waals surface area contributed by atoms with Gasteiger partial charge < -0.3 is 10.0 Å². The highest BCUT2D eigenvalue weighted by Gasteiger charge is 2.21. The maximum absolute atomic E-state index is 10.9. The molecule has 0 bridgehead atoms. The Kier molecular flexibility index (Phi) is 2.66. The predicted molar refractivity (Wildman–Crippen MR) is 67.0 cm³/mol. The molecule has 1 aromatic carbocycles. The second-order valence-electron chi connectivity index (χ2n) is 4.52. The Hall–Kier alpha value is -2.44. The fourth-order valence-corrected chi connectivity index (χ4v) is 2.32. The van der Waals surface area contributed by atoms with Crippen molar-refractivity contribution in [3.8, 4) is 0 Å². The lowest BCUT2D eigenvalue weighted by Crippen LogP contribution is -2.20. The summed E-state index contributed by atoms with van der Waals surface area (Å²) in [5.41, 5.74) is 2.44. The zero-order valence-corrected chi connectivity index (χ0v) is 10.4. The van der Waals surface area contributed by atoms with E-state index in [1.165, 1.54) is 4.80 Å². The Morgan fingerprint density at radius 1 is 1.47 bits per heavy atom. The third-order valence-corrected chi connectivity index (χ3v) is 3.20. The topological polar surface area (TPSA) is 84.1 Å². The molecule has 3 rings (SSSR count). The van der Waals surface area contributed by atoms with Crippen LogP contribution in [0, 0.1) is 0 Å². The molecule has 0 unspecified atom stereocenters. The Bertz CT molecular complexity index is 637. The number of tetrazole rings is 1. The van der Waals surface area contributed by atoms with Gasteiger partial charge in [-0.05, 0) is 35.4 Å². The Morgan fingerprint density at radius 3 is 3.00 bits per heavy atom. The number of hydrogen-bond acceptors (Lipinski definition) is 5. The van der Waals surface area contributed by atoms with Crippen LogP contribution in [0.15, 0.2) is 18.2 Å². The van der Waals surface area contributed by atoms with E-state index < -0.39 is 5.97 Å². The number of rotatable bonds is 3. The minimum absolute atomic E-state index is 0.332. The fraction of sp³-hybridized carbons (Fsp3) is 0.333. The molecule has 1 N–H and O–H groups in total. The number of nitrogens with zero attached hydrogens (tertiary/aromatic N) is 5. The van der Waals surface area contributed by atoms with Crippen molar-refractivity contribution in [1.29, 1.82) is 0 Å². The van der Waals surface area contributed by atoms with Crippen LogP contribution in [0.2, 0.25) is 0 Å². The molecule has 1 aliphatic heterocycles. The number of hydrogen-bond donors (Lipinski definition) is 1. The van der Waals surface area contributed by atoms with Crippen molar-refractivity contribution in [3.63, 3.8) is 0 Å². The van der Waals surface area contributed by atoms with Gasteiger partial charge in [0.15, 0.2) is 5.82 Å². The Balaban J connectivity index is 1.84. The summed E-state index contributed by atoms with van der Waals surface area (Å²) in [7, 11) is 1.73. The summed E-state index contributed by atoms with van der Waals surface area (Å²) in [6, 6.07) is 5.22. The summed E-state index contributed by atoms with van der Waals surface area (Å²) >= 11 is 0. The van der Waals surface area contributed by atoms with Gasteiger partial charge >= 0.3 is 5.97 Å². The molecule has 0 spiro atoms. The van der Waals surface area contributed by atoms with Crippen molar-refractivity contribution >= 4 is 11.7 Å². The van der Waals surface area contributed by atoms with Gasteiger partial charge in [-0.25, -0.2) is 4.79 Å². The number of aryl methyl sites for hydroxylation is 1. The largest absolute Gasteiger partial charge is 0.478 e. The van der Waals surface area contributed by atoms with Gasteiger partial charge in [0.1, 0.15) is 0 Å². The average Bonchev–Trinajstić information content (AvgIpc) is 2.96. The maximum atomic E-state index is 10.9. The van der Waals surface area contributed by atoms with E-state index in [0.717, 1.165) is 24.2 Å². The molecule has 0 fully saturated rings. The van der Waals surface area contributed by atoms with Gasteiger partial charge in [0.05, 0.1) is 19.2 Å². The Labute approximate surface area is 109 Å². The van der Waals surface area contributed by atoms with E-state index in [2.05, 4.69) is 20.3 Å². The number of aromatic nitrogens is 4. The van der Waals surface area contributed by atoms with Crippen LogP contribution in [0.1, 0.15) is 21.7 Å². The molecule has 7 heteroatoms.